The van der Waals surface area contributed by atoms with Crippen LogP contribution in [0.4, 0.5) is 5.69 Å². The highest BCUT2D eigenvalue weighted by Gasteiger charge is 2.14. The summed E-state index contributed by atoms with van der Waals surface area (Å²) in [6, 6.07) is 20.3. The third kappa shape index (κ3) is 5.19. The van der Waals surface area contributed by atoms with E-state index in [0.29, 0.717) is 16.3 Å². The minimum Gasteiger partial charge on any atom is -0.322 e. The van der Waals surface area contributed by atoms with Gasteiger partial charge in [0, 0.05) is 22.8 Å². The number of hydrogen-bond donors (Lipinski definition) is 2. The van der Waals surface area contributed by atoms with Crippen LogP contribution in [0, 0.1) is 6.92 Å². The number of amides is 1. The molecule has 0 saturated heterocycles. The van der Waals surface area contributed by atoms with Crippen molar-refractivity contribution in [3.63, 3.8) is 0 Å². The maximum atomic E-state index is 12.3. The van der Waals surface area contributed by atoms with Gasteiger partial charge in [0.1, 0.15) is 0 Å². The van der Waals surface area contributed by atoms with Gasteiger partial charge in [0.2, 0.25) is 10.0 Å². The summed E-state index contributed by atoms with van der Waals surface area (Å²) in [6.45, 7) is 2.08. The van der Waals surface area contributed by atoms with Crippen LogP contribution >= 0.6 is 11.6 Å². The number of aryl methyl sites for hydroxylation is 1. The number of hydrogen-bond acceptors (Lipinski definition) is 3. The fraction of sp³-hybridized carbons (Fsp3) is 0.0952. The first-order chi connectivity index (χ1) is 13.3. The van der Waals surface area contributed by atoms with Crippen LogP contribution in [-0.4, -0.2) is 14.3 Å². The van der Waals surface area contributed by atoms with E-state index in [1.54, 1.807) is 36.4 Å². The van der Waals surface area contributed by atoms with Crippen molar-refractivity contribution < 1.29 is 13.2 Å². The van der Waals surface area contributed by atoms with Crippen LogP contribution in [0.2, 0.25) is 5.02 Å². The number of carbonyl (C=O) groups excluding carboxylic acids is 1. The van der Waals surface area contributed by atoms with Gasteiger partial charge in [-0.1, -0.05) is 47.5 Å². The van der Waals surface area contributed by atoms with Crippen molar-refractivity contribution in [2.24, 2.45) is 0 Å². The predicted octanol–water partition coefficient (Wildman–Crippen LogP) is 4.38. The predicted molar refractivity (Wildman–Crippen MR) is 111 cm³/mol. The van der Waals surface area contributed by atoms with Gasteiger partial charge in [0.25, 0.3) is 5.91 Å². The van der Waals surface area contributed by atoms with Crippen LogP contribution in [0.25, 0.3) is 0 Å². The van der Waals surface area contributed by atoms with E-state index in [9.17, 15) is 13.2 Å². The molecule has 28 heavy (non-hydrogen) atoms. The Balaban J connectivity index is 1.62. The first-order valence-corrected chi connectivity index (χ1v) is 10.4. The second-order valence-electron chi connectivity index (χ2n) is 6.30. The summed E-state index contributed by atoms with van der Waals surface area (Å²) in [4.78, 5) is 12.4. The molecule has 0 spiro atoms. The van der Waals surface area contributed by atoms with Gasteiger partial charge in [-0.15, -0.1) is 0 Å². The Morgan fingerprint density at radius 1 is 0.964 bits per heavy atom. The second-order valence-corrected chi connectivity index (χ2v) is 8.50. The quantitative estimate of drug-likeness (QED) is 0.628. The molecule has 0 atom stereocenters. The Labute approximate surface area is 169 Å². The number of benzene rings is 3. The van der Waals surface area contributed by atoms with Crippen LogP contribution < -0.4 is 10.0 Å². The third-order valence-electron chi connectivity index (χ3n) is 4.10. The lowest BCUT2D eigenvalue weighted by atomic mass is 10.1. The molecular formula is C21H19ClN2O3S. The summed E-state index contributed by atoms with van der Waals surface area (Å²) in [5, 5.41) is 3.18. The maximum Gasteiger partial charge on any atom is 0.255 e. The van der Waals surface area contributed by atoms with Gasteiger partial charge in [-0.3, -0.25) is 4.79 Å². The summed E-state index contributed by atoms with van der Waals surface area (Å²) >= 11 is 5.85. The first-order valence-electron chi connectivity index (χ1n) is 8.56. The SMILES string of the molecule is Cc1ccc(NC(=O)c2ccc(CNS(=O)(=O)c3cccc(Cl)c3)cc2)cc1. The topological polar surface area (TPSA) is 75.3 Å². The Kier molecular flexibility index (Phi) is 6.14. The number of halogens is 1. The molecule has 0 saturated carbocycles. The van der Waals surface area contributed by atoms with Crippen molar-refractivity contribution in [3.8, 4) is 0 Å². The smallest absolute Gasteiger partial charge is 0.255 e. The van der Waals surface area contributed by atoms with Gasteiger partial charge in [0.15, 0.2) is 0 Å². The van der Waals surface area contributed by atoms with Crippen molar-refractivity contribution in [2.45, 2.75) is 18.4 Å². The second kappa shape index (κ2) is 8.56. The third-order valence-corrected chi connectivity index (χ3v) is 5.73. The highest BCUT2D eigenvalue weighted by atomic mass is 35.5. The van der Waals surface area contributed by atoms with E-state index < -0.39 is 10.0 Å². The summed E-state index contributed by atoms with van der Waals surface area (Å²) in [5.41, 5.74) is 3.05. The number of rotatable bonds is 6. The summed E-state index contributed by atoms with van der Waals surface area (Å²) in [5.74, 6) is -0.227. The largest absolute Gasteiger partial charge is 0.322 e. The fourth-order valence-corrected chi connectivity index (χ4v) is 3.83. The van der Waals surface area contributed by atoms with Crippen LogP contribution in [0.3, 0.4) is 0 Å². The van der Waals surface area contributed by atoms with E-state index in [1.165, 1.54) is 12.1 Å². The highest BCUT2D eigenvalue weighted by molar-refractivity contribution is 7.89. The standard InChI is InChI=1S/C21H19ClN2O3S/c1-15-5-11-19(12-6-15)24-21(25)17-9-7-16(8-10-17)14-23-28(26,27)20-4-2-3-18(22)13-20/h2-13,23H,14H2,1H3,(H,24,25). The van der Waals surface area contributed by atoms with E-state index in [2.05, 4.69) is 10.0 Å². The molecule has 0 aliphatic rings. The summed E-state index contributed by atoms with van der Waals surface area (Å²) in [6.07, 6.45) is 0. The molecule has 0 aliphatic heterocycles. The molecular weight excluding hydrogens is 396 g/mol. The van der Waals surface area contributed by atoms with Crippen molar-refractivity contribution >= 4 is 33.2 Å². The van der Waals surface area contributed by atoms with Crippen molar-refractivity contribution in [1.29, 1.82) is 0 Å². The van der Waals surface area contributed by atoms with Crippen molar-refractivity contribution in [1.82, 2.24) is 4.72 Å². The molecule has 144 valence electrons. The zero-order valence-electron chi connectivity index (χ0n) is 15.1. The van der Waals surface area contributed by atoms with Gasteiger partial charge in [0.05, 0.1) is 4.90 Å². The molecule has 0 aromatic heterocycles. The van der Waals surface area contributed by atoms with Crippen LogP contribution in [0.5, 0.6) is 0 Å². The van der Waals surface area contributed by atoms with Crippen LogP contribution in [0.1, 0.15) is 21.5 Å². The van der Waals surface area contributed by atoms with E-state index in [4.69, 9.17) is 11.6 Å². The van der Waals surface area contributed by atoms with Crippen molar-refractivity contribution in [3.05, 3.63) is 94.5 Å². The molecule has 3 rings (SSSR count). The van der Waals surface area contributed by atoms with E-state index in [0.717, 1.165) is 11.1 Å². The highest BCUT2D eigenvalue weighted by Crippen LogP contribution is 2.16. The Morgan fingerprint density at radius 2 is 1.64 bits per heavy atom. The zero-order chi connectivity index (χ0) is 20.1. The lowest BCUT2D eigenvalue weighted by Gasteiger charge is -2.09. The normalized spacial score (nSPS) is 11.2. The molecule has 0 bridgehead atoms. The molecule has 3 aromatic carbocycles. The van der Waals surface area contributed by atoms with Gasteiger partial charge in [-0.2, -0.15) is 0 Å². The average molecular weight is 415 g/mol. The van der Waals surface area contributed by atoms with Gasteiger partial charge in [-0.25, -0.2) is 13.1 Å². The molecule has 0 radical (unpaired) electrons. The molecule has 5 nitrogen and oxygen atoms in total. The molecule has 3 aromatic rings. The van der Waals surface area contributed by atoms with E-state index in [1.807, 2.05) is 31.2 Å². The van der Waals surface area contributed by atoms with Gasteiger partial charge >= 0.3 is 0 Å². The molecule has 7 heteroatoms. The van der Waals surface area contributed by atoms with Crippen molar-refractivity contribution in [2.75, 3.05) is 5.32 Å². The number of anilines is 1. The molecule has 0 unspecified atom stereocenters. The zero-order valence-corrected chi connectivity index (χ0v) is 16.7. The average Bonchev–Trinajstić information content (AvgIpc) is 2.68. The Hall–Kier alpha value is -2.67. The number of carbonyl (C=O) groups is 1. The monoisotopic (exact) mass is 414 g/mol. The minimum absolute atomic E-state index is 0.106. The lowest BCUT2D eigenvalue weighted by molar-refractivity contribution is 0.102. The van der Waals surface area contributed by atoms with Gasteiger partial charge < -0.3 is 5.32 Å². The van der Waals surface area contributed by atoms with Crippen LogP contribution in [0.15, 0.2) is 77.7 Å². The number of sulfonamides is 1. The first kappa shape index (κ1) is 20.1. The van der Waals surface area contributed by atoms with Crippen LogP contribution in [-0.2, 0) is 16.6 Å². The van der Waals surface area contributed by atoms with E-state index >= 15 is 0 Å². The maximum absolute atomic E-state index is 12.3. The number of nitrogens with one attached hydrogen (secondary N) is 2. The molecule has 0 heterocycles. The summed E-state index contributed by atoms with van der Waals surface area (Å²) < 4.78 is 27.2. The molecule has 0 fully saturated rings. The molecule has 1 amide bonds. The Bertz CT molecular complexity index is 1080. The fourth-order valence-electron chi connectivity index (χ4n) is 2.51. The minimum atomic E-state index is -3.67. The van der Waals surface area contributed by atoms with Gasteiger partial charge in [-0.05, 0) is 55.0 Å². The lowest BCUT2D eigenvalue weighted by Crippen LogP contribution is -2.23. The molecule has 0 aliphatic carbocycles. The Morgan fingerprint density at radius 3 is 2.29 bits per heavy atom. The summed E-state index contributed by atoms with van der Waals surface area (Å²) in [7, 11) is -3.67. The molecule has 2 N–H and O–H groups in total. The van der Waals surface area contributed by atoms with E-state index in [-0.39, 0.29) is 17.3 Å².